The number of rotatable bonds is 6. The Hall–Kier alpha value is -1.60. The number of carboxylic acids is 1. The van der Waals surface area contributed by atoms with Gasteiger partial charge in [0.1, 0.15) is 5.54 Å². The molecule has 0 heterocycles. The molecular formula is C14H22N2O4S. The average Bonchev–Trinajstić information content (AvgIpc) is 2.39. The quantitative estimate of drug-likeness (QED) is 0.863. The van der Waals surface area contributed by atoms with E-state index in [0.717, 1.165) is 4.31 Å². The van der Waals surface area contributed by atoms with Crippen molar-refractivity contribution in [3.63, 3.8) is 0 Å². The van der Waals surface area contributed by atoms with E-state index in [9.17, 15) is 18.3 Å². The van der Waals surface area contributed by atoms with Crippen LogP contribution in [0.15, 0.2) is 29.2 Å². The van der Waals surface area contributed by atoms with Gasteiger partial charge in [0.15, 0.2) is 0 Å². The zero-order valence-electron chi connectivity index (χ0n) is 13.0. The molecule has 0 fully saturated rings. The molecule has 0 radical (unpaired) electrons. The van der Waals surface area contributed by atoms with Crippen LogP contribution in [0.4, 0.5) is 5.69 Å². The third kappa shape index (κ3) is 3.36. The van der Waals surface area contributed by atoms with Crippen LogP contribution in [0.2, 0.25) is 0 Å². The molecule has 7 heteroatoms. The van der Waals surface area contributed by atoms with E-state index in [-0.39, 0.29) is 4.90 Å². The first-order valence-corrected chi connectivity index (χ1v) is 8.02. The number of hydrogen-bond acceptors (Lipinski definition) is 4. The largest absolute Gasteiger partial charge is 0.480 e. The van der Waals surface area contributed by atoms with Gasteiger partial charge >= 0.3 is 5.97 Å². The van der Waals surface area contributed by atoms with Crippen LogP contribution in [0.25, 0.3) is 0 Å². The lowest BCUT2D eigenvalue weighted by Crippen LogP contribution is -2.50. The van der Waals surface area contributed by atoms with Crippen molar-refractivity contribution < 1.29 is 18.3 Å². The fourth-order valence-corrected chi connectivity index (χ4v) is 2.93. The van der Waals surface area contributed by atoms with Crippen molar-refractivity contribution in [3.05, 3.63) is 24.3 Å². The van der Waals surface area contributed by atoms with Crippen LogP contribution in [0.3, 0.4) is 0 Å². The smallest absolute Gasteiger partial charge is 0.328 e. The van der Waals surface area contributed by atoms with Gasteiger partial charge in [-0.3, -0.25) is 0 Å². The Morgan fingerprint density at radius 1 is 1.19 bits per heavy atom. The molecule has 0 aliphatic rings. The third-order valence-electron chi connectivity index (χ3n) is 3.44. The zero-order valence-corrected chi connectivity index (χ0v) is 13.8. The van der Waals surface area contributed by atoms with Crippen LogP contribution < -0.4 is 4.90 Å². The van der Waals surface area contributed by atoms with E-state index in [0.29, 0.717) is 12.2 Å². The molecule has 0 aromatic heterocycles. The molecule has 0 bridgehead atoms. The minimum absolute atomic E-state index is 0.181. The summed E-state index contributed by atoms with van der Waals surface area (Å²) in [7, 11) is -0.545. The van der Waals surface area contributed by atoms with Crippen LogP contribution >= 0.6 is 0 Å². The minimum Gasteiger partial charge on any atom is -0.480 e. The topological polar surface area (TPSA) is 77.9 Å². The van der Waals surface area contributed by atoms with E-state index in [1.54, 1.807) is 30.9 Å². The third-order valence-corrected chi connectivity index (χ3v) is 5.27. The van der Waals surface area contributed by atoms with Gasteiger partial charge in [-0.25, -0.2) is 17.5 Å². The minimum atomic E-state index is -3.48. The Morgan fingerprint density at radius 2 is 1.67 bits per heavy atom. The van der Waals surface area contributed by atoms with Crippen molar-refractivity contribution >= 4 is 21.7 Å². The van der Waals surface area contributed by atoms with Crippen LogP contribution in [0.1, 0.15) is 20.8 Å². The normalized spacial score (nSPS) is 12.5. The lowest BCUT2D eigenvalue weighted by molar-refractivity contribution is -0.142. The lowest BCUT2D eigenvalue weighted by Gasteiger charge is -2.36. The van der Waals surface area contributed by atoms with Crippen molar-refractivity contribution in [2.24, 2.45) is 0 Å². The van der Waals surface area contributed by atoms with Gasteiger partial charge in [-0.1, -0.05) is 0 Å². The monoisotopic (exact) mass is 314 g/mol. The maximum Gasteiger partial charge on any atom is 0.328 e. The molecule has 0 saturated carbocycles. The van der Waals surface area contributed by atoms with E-state index in [2.05, 4.69) is 0 Å². The number of anilines is 1. The van der Waals surface area contributed by atoms with Gasteiger partial charge in [-0.2, -0.15) is 0 Å². The Labute approximate surface area is 126 Å². The van der Waals surface area contributed by atoms with Crippen molar-refractivity contribution in [3.8, 4) is 0 Å². The molecule has 0 amide bonds. The van der Waals surface area contributed by atoms with Crippen LogP contribution in [0, 0.1) is 0 Å². The number of hydrogen-bond donors (Lipinski definition) is 1. The summed E-state index contributed by atoms with van der Waals surface area (Å²) in [6, 6.07) is 6.24. The van der Waals surface area contributed by atoms with Crippen LogP contribution in [0.5, 0.6) is 0 Å². The highest BCUT2D eigenvalue weighted by Gasteiger charge is 2.34. The molecule has 21 heavy (non-hydrogen) atoms. The summed E-state index contributed by atoms with van der Waals surface area (Å²) in [5.74, 6) is -0.936. The van der Waals surface area contributed by atoms with Gasteiger partial charge in [0, 0.05) is 26.3 Å². The molecule has 1 aromatic carbocycles. The molecule has 0 saturated heterocycles. The zero-order chi connectivity index (χ0) is 16.4. The summed E-state index contributed by atoms with van der Waals surface area (Å²) < 4.78 is 25.2. The van der Waals surface area contributed by atoms with Crippen molar-refractivity contribution in [2.75, 3.05) is 25.5 Å². The predicted molar refractivity (Wildman–Crippen MR) is 82.0 cm³/mol. The second-order valence-corrected chi connectivity index (χ2v) is 7.54. The van der Waals surface area contributed by atoms with E-state index in [1.165, 1.54) is 26.2 Å². The Morgan fingerprint density at radius 3 is 2.00 bits per heavy atom. The van der Waals surface area contributed by atoms with Gasteiger partial charge in [-0.05, 0) is 45.0 Å². The number of benzene rings is 1. The Bertz CT molecular complexity index is 606. The average molecular weight is 314 g/mol. The number of sulfonamides is 1. The van der Waals surface area contributed by atoms with Gasteiger partial charge in [-0.15, -0.1) is 0 Å². The van der Waals surface area contributed by atoms with Crippen LogP contribution in [-0.4, -0.2) is 50.0 Å². The van der Waals surface area contributed by atoms with E-state index < -0.39 is 21.5 Å². The fraction of sp³-hybridized carbons (Fsp3) is 0.500. The highest BCUT2D eigenvalue weighted by atomic mass is 32.2. The molecule has 0 spiro atoms. The molecule has 1 rings (SSSR count). The van der Waals surface area contributed by atoms with E-state index in [1.807, 2.05) is 6.92 Å². The van der Waals surface area contributed by atoms with Gasteiger partial charge in [0.2, 0.25) is 10.0 Å². The van der Waals surface area contributed by atoms with E-state index >= 15 is 0 Å². The molecule has 0 aliphatic carbocycles. The summed E-state index contributed by atoms with van der Waals surface area (Å²) in [4.78, 5) is 13.3. The first-order valence-electron chi connectivity index (χ1n) is 6.58. The van der Waals surface area contributed by atoms with E-state index in [4.69, 9.17) is 0 Å². The second-order valence-electron chi connectivity index (χ2n) is 5.39. The Balaban J connectivity index is 3.21. The molecule has 0 aliphatic heterocycles. The lowest BCUT2D eigenvalue weighted by atomic mass is 10.0. The first-order chi connectivity index (χ1) is 9.55. The van der Waals surface area contributed by atoms with Gasteiger partial charge < -0.3 is 10.0 Å². The molecule has 118 valence electrons. The summed E-state index contributed by atoms with van der Waals surface area (Å²) in [5.41, 5.74) is -0.404. The number of aliphatic carboxylic acids is 1. The van der Waals surface area contributed by atoms with Gasteiger partial charge in [0.25, 0.3) is 0 Å². The molecule has 6 nitrogen and oxygen atoms in total. The maximum absolute atomic E-state index is 12.0. The predicted octanol–water partition coefficient (Wildman–Crippen LogP) is 1.63. The number of carboxylic acid groups (broad SMARTS) is 1. The summed E-state index contributed by atoms with van der Waals surface area (Å²) >= 11 is 0. The summed E-state index contributed by atoms with van der Waals surface area (Å²) in [6.45, 7) is 5.58. The molecular weight excluding hydrogens is 292 g/mol. The van der Waals surface area contributed by atoms with Crippen molar-refractivity contribution in [2.45, 2.75) is 31.2 Å². The highest BCUT2D eigenvalue weighted by Crippen LogP contribution is 2.26. The number of carbonyl (C=O) groups is 1. The van der Waals surface area contributed by atoms with Crippen molar-refractivity contribution in [1.29, 1.82) is 0 Å². The second kappa shape index (κ2) is 6.03. The van der Waals surface area contributed by atoms with Gasteiger partial charge in [0.05, 0.1) is 4.90 Å². The molecule has 1 aromatic rings. The number of nitrogens with zero attached hydrogens (tertiary/aromatic N) is 2. The molecule has 0 unspecified atom stereocenters. The standard InChI is InChI=1S/C14H22N2O4S/c1-6-16(14(2,3)13(17)18)11-7-9-12(10-8-11)21(19,20)15(4)5/h7-10H,6H2,1-5H3,(H,17,18). The summed E-state index contributed by atoms with van der Waals surface area (Å²) in [5, 5.41) is 9.32. The number of likely N-dealkylation sites (N-methyl/N-ethyl adjacent to an activating group) is 1. The summed E-state index contributed by atoms with van der Waals surface area (Å²) in [6.07, 6.45) is 0. The van der Waals surface area contributed by atoms with Crippen LogP contribution in [-0.2, 0) is 14.8 Å². The SMILES string of the molecule is CCN(c1ccc(S(=O)(=O)N(C)C)cc1)C(C)(C)C(=O)O. The Kier molecular flexibility index (Phi) is 5.01. The highest BCUT2D eigenvalue weighted by molar-refractivity contribution is 7.89. The molecule has 0 atom stereocenters. The van der Waals surface area contributed by atoms with Crippen molar-refractivity contribution in [1.82, 2.24) is 4.31 Å². The first kappa shape index (κ1) is 17.5. The maximum atomic E-state index is 12.0. The fourth-order valence-electron chi connectivity index (χ4n) is 2.02. The molecule has 1 N–H and O–H groups in total.